The molecule has 0 saturated heterocycles. The zero-order chi connectivity index (χ0) is 26.4. The fraction of sp³-hybridized carbons (Fsp3) is 0.304. The number of hydrogen-bond acceptors (Lipinski definition) is 10. The van der Waals surface area contributed by atoms with Crippen LogP contribution < -0.4 is 31.2 Å². The van der Waals surface area contributed by atoms with E-state index in [2.05, 4.69) is 9.69 Å². The smallest absolute Gasteiger partial charge is 0.273 e. The summed E-state index contributed by atoms with van der Waals surface area (Å²) in [5.41, 5.74) is 11.2. The summed E-state index contributed by atoms with van der Waals surface area (Å²) >= 11 is 0.699. The summed E-state index contributed by atoms with van der Waals surface area (Å²) in [5, 5.41) is 2.75. The SMILES string of the molecule is COCCNC(=O)[C@@H](c1ccc(C)o1)N(C(=O)c1snc(C(N)=O)c1N)c1ccc(OC)c(OC)c1. The van der Waals surface area contributed by atoms with Crippen molar-refractivity contribution in [2.75, 3.05) is 45.1 Å². The molecule has 1 aromatic carbocycles. The Morgan fingerprint density at radius 1 is 1.14 bits per heavy atom. The topological polar surface area (TPSA) is 172 Å². The highest BCUT2D eigenvalue weighted by atomic mass is 32.1. The van der Waals surface area contributed by atoms with Crippen LogP contribution in [0.15, 0.2) is 34.7 Å². The first kappa shape index (κ1) is 26.5. The Labute approximate surface area is 211 Å². The summed E-state index contributed by atoms with van der Waals surface area (Å²) in [6.45, 7) is 2.16. The average Bonchev–Trinajstić information content (AvgIpc) is 3.46. The van der Waals surface area contributed by atoms with Gasteiger partial charge in [0.15, 0.2) is 23.2 Å². The molecular formula is C23H27N5O7S. The van der Waals surface area contributed by atoms with Crippen LogP contribution in [0.3, 0.4) is 0 Å². The highest BCUT2D eigenvalue weighted by molar-refractivity contribution is 7.09. The number of carbonyl (C=O) groups excluding carboxylic acids is 3. The number of rotatable bonds is 11. The van der Waals surface area contributed by atoms with E-state index in [0.29, 0.717) is 28.8 Å². The monoisotopic (exact) mass is 517 g/mol. The predicted octanol–water partition coefficient (Wildman–Crippen LogP) is 1.89. The summed E-state index contributed by atoms with van der Waals surface area (Å²) in [6.07, 6.45) is 0. The molecule has 0 spiro atoms. The molecule has 0 fully saturated rings. The van der Waals surface area contributed by atoms with Crippen molar-refractivity contribution in [3.05, 3.63) is 52.4 Å². The second-order valence-electron chi connectivity index (χ2n) is 7.49. The third kappa shape index (κ3) is 5.42. The number of methoxy groups -OCH3 is 3. The largest absolute Gasteiger partial charge is 0.493 e. The third-order valence-corrected chi connectivity index (χ3v) is 6.01. The number of aryl methyl sites for hydroxylation is 1. The third-order valence-electron chi connectivity index (χ3n) is 5.16. The molecule has 3 rings (SSSR count). The number of ether oxygens (including phenoxy) is 3. The van der Waals surface area contributed by atoms with Crippen molar-refractivity contribution in [3.8, 4) is 11.5 Å². The molecule has 0 aliphatic carbocycles. The van der Waals surface area contributed by atoms with E-state index in [-0.39, 0.29) is 40.9 Å². The number of nitrogen functional groups attached to an aromatic ring is 1. The fourth-order valence-electron chi connectivity index (χ4n) is 3.44. The minimum atomic E-state index is -1.26. The average molecular weight is 518 g/mol. The second-order valence-corrected chi connectivity index (χ2v) is 8.26. The van der Waals surface area contributed by atoms with Gasteiger partial charge in [-0.05, 0) is 42.7 Å². The number of aromatic nitrogens is 1. The number of benzene rings is 1. The van der Waals surface area contributed by atoms with Gasteiger partial charge in [0.1, 0.15) is 16.4 Å². The molecule has 13 heteroatoms. The van der Waals surface area contributed by atoms with E-state index in [1.54, 1.807) is 31.2 Å². The number of furan rings is 1. The van der Waals surface area contributed by atoms with Gasteiger partial charge in [-0.1, -0.05) is 0 Å². The first-order valence-corrected chi connectivity index (χ1v) is 11.4. The zero-order valence-corrected chi connectivity index (χ0v) is 21.0. The Morgan fingerprint density at radius 2 is 1.86 bits per heavy atom. The fourth-order valence-corrected chi connectivity index (χ4v) is 4.19. The van der Waals surface area contributed by atoms with Crippen molar-refractivity contribution in [1.29, 1.82) is 0 Å². The molecule has 12 nitrogen and oxygen atoms in total. The molecule has 36 heavy (non-hydrogen) atoms. The van der Waals surface area contributed by atoms with Crippen LogP contribution in [0.2, 0.25) is 0 Å². The number of primary amides is 1. The van der Waals surface area contributed by atoms with Crippen LogP contribution in [-0.2, 0) is 9.53 Å². The minimum absolute atomic E-state index is 0.0726. The standard InChI is InChI=1S/C23H27N5O7S/c1-12-5-7-15(35-12)19(22(30)26-9-10-32-2)28(13-6-8-14(33-3)16(11-13)34-4)23(31)20-17(24)18(21(25)29)27-36-20/h5-8,11,19H,9-10,24H2,1-4H3,(H2,25,29)(H,26,30)/t19-/m1/s1. The van der Waals surface area contributed by atoms with Gasteiger partial charge in [0.25, 0.3) is 17.7 Å². The summed E-state index contributed by atoms with van der Waals surface area (Å²) < 4.78 is 25.4. The lowest BCUT2D eigenvalue weighted by Crippen LogP contribution is -2.44. The lowest BCUT2D eigenvalue weighted by molar-refractivity contribution is -0.123. The molecular weight excluding hydrogens is 490 g/mol. The Morgan fingerprint density at radius 3 is 2.42 bits per heavy atom. The van der Waals surface area contributed by atoms with Crippen LogP contribution in [0.25, 0.3) is 0 Å². The van der Waals surface area contributed by atoms with Crippen LogP contribution in [0.1, 0.15) is 37.7 Å². The first-order valence-electron chi connectivity index (χ1n) is 10.7. The van der Waals surface area contributed by atoms with Gasteiger partial charge in [-0.3, -0.25) is 19.3 Å². The van der Waals surface area contributed by atoms with Crippen molar-refractivity contribution in [2.24, 2.45) is 5.73 Å². The normalized spacial score (nSPS) is 11.6. The molecule has 0 saturated carbocycles. The molecule has 0 unspecified atom stereocenters. The van der Waals surface area contributed by atoms with Crippen molar-refractivity contribution >= 4 is 40.6 Å². The molecule has 0 aliphatic rings. The van der Waals surface area contributed by atoms with E-state index >= 15 is 0 Å². The summed E-state index contributed by atoms with van der Waals surface area (Å²) in [7, 11) is 4.42. The van der Waals surface area contributed by atoms with Gasteiger partial charge in [0.2, 0.25) is 0 Å². The predicted molar refractivity (Wildman–Crippen MR) is 132 cm³/mol. The molecule has 5 N–H and O–H groups in total. The molecule has 0 radical (unpaired) electrons. The molecule has 3 aromatic rings. The van der Waals surface area contributed by atoms with Gasteiger partial charge in [-0.2, -0.15) is 4.37 Å². The molecule has 2 aromatic heterocycles. The van der Waals surface area contributed by atoms with Gasteiger partial charge in [-0.25, -0.2) is 0 Å². The van der Waals surface area contributed by atoms with E-state index in [4.69, 9.17) is 30.1 Å². The molecule has 0 bridgehead atoms. The summed E-state index contributed by atoms with van der Waals surface area (Å²) in [5.74, 6) is -0.658. The summed E-state index contributed by atoms with van der Waals surface area (Å²) in [4.78, 5) is 40.2. The van der Waals surface area contributed by atoms with Crippen molar-refractivity contribution in [2.45, 2.75) is 13.0 Å². The Bertz CT molecular complexity index is 1260. The molecule has 192 valence electrons. The van der Waals surface area contributed by atoms with Crippen LogP contribution in [0.4, 0.5) is 11.4 Å². The van der Waals surface area contributed by atoms with Crippen LogP contribution in [0.5, 0.6) is 11.5 Å². The number of carbonyl (C=O) groups is 3. The lowest BCUT2D eigenvalue weighted by Gasteiger charge is -2.30. The van der Waals surface area contributed by atoms with E-state index in [1.165, 1.54) is 32.3 Å². The van der Waals surface area contributed by atoms with Gasteiger partial charge in [-0.15, -0.1) is 0 Å². The van der Waals surface area contributed by atoms with Gasteiger partial charge in [0, 0.05) is 25.4 Å². The number of nitrogens with zero attached hydrogens (tertiary/aromatic N) is 2. The first-order chi connectivity index (χ1) is 17.2. The zero-order valence-electron chi connectivity index (χ0n) is 20.2. The van der Waals surface area contributed by atoms with E-state index in [0.717, 1.165) is 0 Å². The second kappa shape index (κ2) is 11.6. The van der Waals surface area contributed by atoms with Crippen LogP contribution >= 0.6 is 11.5 Å². The maximum atomic E-state index is 14.0. The van der Waals surface area contributed by atoms with E-state index < -0.39 is 23.8 Å². The minimum Gasteiger partial charge on any atom is -0.493 e. The Hall–Kier alpha value is -4.10. The van der Waals surface area contributed by atoms with Gasteiger partial charge in [0.05, 0.1) is 26.5 Å². The Balaban J connectivity index is 2.21. The summed E-state index contributed by atoms with van der Waals surface area (Å²) in [6, 6.07) is 6.72. The molecule has 3 amide bonds. The molecule has 2 heterocycles. The van der Waals surface area contributed by atoms with Crippen LogP contribution in [0, 0.1) is 6.92 Å². The van der Waals surface area contributed by atoms with E-state index in [1.807, 2.05) is 0 Å². The number of anilines is 2. The quantitative estimate of drug-likeness (QED) is 0.321. The molecule has 1 atom stereocenters. The molecule has 0 aliphatic heterocycles. The lowest BCUT2D eigenvalue weighted by atomic mass is 10.1. The highest BCUT2D eigenvalue weighted by Gasteiger charge is 2.38. The van der Waals surface area contributed by atoms with Crippen molar-refractivity contribution in [3.63, 3.8) is 0 Å². The van der Waals surface area contributed by atoms with Gasteiger partial charge < -0.3 is 35.4 Å². The maximum Gasteiger partial charge on any atom is 0.273 e. The highest BCUT2D eigenvalue weighted by Crippen LogP contribution is 2.38. The maximum absolute atomic E-state index is 14.0. The Kier molecular flexibility index (Phi) is 8.51. The van der Waals surface area contributed by atoms with Crippen molar-refractivity contribution in [1.82, 2.24) is 9.69 Å². The number of nitrogens with two attached hydrogens (primary N) is 2. The number of amides is 3. The number of nitrogens with one attached hydrogen (secondary N) is 1. The van der Waals surface area contributed by atoms with E-state index in [9.17, 15) is 14.4 Å². The van der Waals surface area contributed by atoms with Crippen molar-refractivity contribution < 1.29 is 33.0 Å². The van der Waals surface area contributed by atoms with Gasteiger partial charge >= 0.3 is 0 Å². The number of hydrogen-bond donors (Lipinski definition) is 3. The van der Waals surface area contributed by atoms with Crippen LogP contribution in [-0.4, -0.2) is 56.6 Å².